The summed E-state index contributed by atoms with van der Waals surface area (Å²) < 4.78 is 5.02. The molecule has 0 bridgehead atoms. The zero-order valence-electron chi connectivity index (χ0n) is 21.5. The van der Waals surface area contributed by atoms with Gasteiger partial charge in [-0.2, -0.15) is 0 Å². The lowest BCUT2D eigenvalue weighted by Crippen LogP contribution is -2.24. The highest BCUT2D eigenvalue weighted by atomic mass is 16.6. The minimum atomic E-state index is -0.519. The Balaban J connectivity index is -0.000000327. The van der Waals surface area contributed by atoms with Crippen LogP contribution in [0.2, 0.25) is 0 Å². The second-order valence-corrected chi connectivity index (χ2v) is 9.81. The molecule has 30 heavy (non-hydrogen) atoms. The van der Waals surface area contributed by atoms with Crippen molar-refractivity contribution in [1.29, 1.82) is 0 Å². The molecule has 0 amide bonds. The van der Waals surface area contributed by atoms with Gasteiger partial charge >= 0.3 is 0 Å². The molecule has 184 valence electrons. The smallest absolute Gasteiger partial charge is 0.0812 e. The molecule has 0 aromatic rings. The number of likely N-dealkylation sites (N-methyl/N-ethyl adjacent to an activating group) is 1. The third kappa shape index (κ3) is 38.2. The second kappa shape index (κ2) is 23.2. The van der Waals surface area contributed by atoms with Gasteiger partial charge in [0.05, 0.1) is 31.5 Å². The van der Waals surface area contributed by atoms with Gasteiger partial charge in [0.2, 0.25) is 0 Å². The van der Waals surface area contributed by atoms with E-state index in [0.29, 0.717) is 30.9 Å². The van der Waals surface area contributed by atoms with Gasteiger partial charge in [0.1, 0.15) is 0 Å². The van der Waals surface area contributed by atoms with E-state index < -0.39 is 6.10 Å². The highest BCUT2D eigenvalue weighted by Crippen LogP contribution is 2.18. The van der Waals surface area contributed by atoms with Gasteiger partial charge in [0.15, 0.2) is 0 Å². The third-order valence-electron chi connectivity index (χ3n) is 3.91. The van der Waals surface area contributed by atoms with Crippen molar-refractivity contribution in [3.05, 3.63) is 12.7 Å². The van der Waals surface area contributed by atoms with Gasteiger partial charge in [-0.1, -0.05) is 61.5 Å². The fraction of sp³-hybridized carbons (Fsp3) is 0.920. The predicted octanol–water partition coefficient (Wildman–Crippen LogP) is 4.65. The molecule has 1 aliphatic heterocycles. The molecule has 4 N–H and O–H groups in total. The monoisotopic (exact) mass is 433 g/mol. The highest BCUT2D eigenvalue weighted by molar-refractivity contribution is 4.69. The van der Waals surface area contributed by atoms with E-state index in [4.69, 9.17) is 20.1 Å². The fourth-order valence-electron chi connectivity index (χ4n) is 2.55. The maximum Gasteiger partial charge on any atom is 0.0812 e. The molecule has 1 aliphatic rings. The van der Waals surface area contributed by atoms with E-state index in [2.05, 4.69) is 53.4 Å². The summed E-state index contributed by atoms with van der Waals surface area (Å²) in [6.07, 6.45) is 5.85. The van der Waals surface area contributed by atoms with Gasteiger partial charge in [-0.3, -0.25) is 0 Å². The summed E-state index contributed by atoms with van der Waals surface area (Å²) in [7, 11) is 1.85. The van der Waals surface area contributed by atoms with E-state index in [1.807, 2.05) is 27.0 Å². The SMILES string of the molecule is C=CCC(C)C.CC(C)CC(O)CO.CC(C)CC1CO1.CNCC(O)CC(C)C. The van der Waals surface area contributed by atoms with Crippen molar-refractivity contribution in [2.45, 2.75) is 99.4 Å². The van der Waals surface area contributed by atoms with Crippen LogP contribution in [-0.4, -0.2) is 60.4 Å². The Morgan fingerprint density at radius 3 is 1.53 bits per heavy atom. The summed E-state index contributed by atoms with van der Waals surface area (Å²) in [5.74, 6) is 2.65. The van der Waals surface area contributed by atoms with E-state index >= 15 is 0 Å². The first kappa shape index (κ1) is 34.2. The molecule has 1 rings (SSSR count). The number of aliphatic hydroxyl groups is 3. The summed E-state index contributed by atoms with van der Waals surface area (Å²) in [5.41, 5.74) is 0. The van der Waals surface area contributed by atoms with Crippen molar-refractivity contribution in [2.24, 2.45) is 23.7 Å². The molecular weight excluding hydrogens is 378 g/mol. The van der Waals surface area contributed by atoms with Crippen LogP contribution in [0, 0.1) is 23.7 Å². The van der Waals surface area contributed by atoms with E-state index in [0.717, 1.165) is 31.3 Å². The molecule has 3 atom stereocenters. The number of ether oxygens (including phenoxy) is 1. The lowest BCUT2D eigenvalue weighted by Gasteiger charge is -2.11. The zero-order chi connectivity index (χ0) is 24.1. The molecule has 3 unspecified atom stereocenters. The van der Waals surface area contributed by atoms with E-state index in [1.165, 1.54) is 6.42 Å². The predicted molar refractivity (Wildman–Crippen MR) is 131 cm³/mol. The Bertz CT molecular complexity index is 342. The number of nitrogens with one attached hydrogen (secondary N) is 1. The summed E-state index contributed by atoms with van der Waals surface area (Å²) in [5, 5.41) is 29.2. The first-order valence-electron chi connectivity index (χ1n) is 11.7. The van der Waals surface area contributed by atoms with Gasteiger partial charge < -0.3 is 25.4 Å². The van der Waals surface area contributed by atoms with Crippen LogP contribution in [0.1, 0.15) is 81.1 Å². The van der Waals surface area contributed by atoms with Crippen LogP contribution in [-0.2, 0) is 4.74 Å². The normalized spacial score (nSPS) is 16.7. The number of hydrogen-bond acceptors (Lipinski definition) is 5. The van der Waals surface area contributed by atoms with Gasteiger partial charge in [0.25, 0.3) is 0 Å². The van der Waals surface area contributed by atoms with Crippen molar-refractivity contribution < 1.29 is 20.1 Å². The maximum absolute atomic E-state index is 9.16. The molecule has 1 saturated heterocycles. The van der Waals surface area contributed by atoms with Crippen LogP contribution in [0.15, 0.2) is 12.7 Å². The van der Waals surface area contributed by atoms with Crippen molar-refractivity contribution in [3.63, 3.8) is 0 Å². The number of hydrogen-bond donors (Lipinski definition) is 4. The van der Waals surface area contributed by atoms with Gasteiger partial charge in [-0.15, -0.1) is 6.58 Å². The summed E-state index contributed by atoms with van der Waals surface area (Å²) in [4.78, 5) is 0. The summed E-state index contributed by atoms with van der Waals surface area (Å²) >= 11 is 0. The zero-order valence-corrected chi connectivity index (χ0v) is 21.5. The number of aliphatic hydroxyl groups excluding tert-OH is 3. The molecule has 0 aromatic heterocycles. The topological polar surface area (TPSA) is 85.2 Å². The molecule has 0 saturated carbocycles. The van der Waals surface area contributed by atoms with Crippen LogP contribution in [0.3, 0.4) is 0 Å². The molecular formula is C25H55NO4. The fourth-order valence-corrected chi connectivity index (χ4v) is 2.55. The van der Waals surface area contributed by atoms with Gasteiger partial charge in [-0.05, 0) is 56.4 Å². The summed E-state index contributed by atoms with van der Waals surface area (Å²) in [6, 6.07) is 0. The first-order chi connectivity index (χ1) is 13.9. The average Bonchev–Trinajstić information content (AvgIpc) is 3.38. The largest absolute Gasteiger partial charge is 0.394 e. The lowest BCUT2D eigenvalue weighted by molar-refractivity contribution is 0.0782. The lowest BCUT2D eigenvalue weighted by atomic mass is 10.1. The minimum absolute atomic E-state index is 0.113. The van der Waals surface area contributed by atoms with E-state index in [9.17, 15) is 0 Å². The van der Waals surface area contributed by atoms with Crippen LogP contribution in [0.25, 0.3) is 0 Å². The van der Waals surface area contributed by atoms with Crippen LogP contribution in [0.4, 0.5) is 0 Å². The Labute approximate surface area is 188 Å². The molecule has 0 aliphatic carbocycles. The summed E-state index contributed by atoms with van der Waals surface area (Å²) in [6.45, 7) is 22.3. The Hall–Kier alpha value is -0.460. The van der Waals surface area contributed by atoms with Crippen LogP contribution >= 0.6 is 0 Å². The van der Waals surface area contributed by atoms with E-state index in [1.54, 1.807) is 0 Å². The minimum Gasteiger partial charge on any atom is -0.394 e. The number of rotatable bonds is 11. The van der Waals surface area contributed by atoms with Crippen LogP contribution < -0.4 is 5.32 Å². The molecule has 0 aromatic carbocycles. The van der Waals surface area contributed by atoms with Crippen molar-refractivity contribution >= 4 is 0 Å². The molecule has 0 radical (unpaired) electrons. The van der Waals surface area contributed by atoms with Gasteiger partial charge in [0, 0.05) is 6.54 Å². The van der Waals surface area contributed by atoms with Crippen molar-refractivity contribution in [3.8, 4) is 0 Å². The standard InChI is InChI=1S/C7H17NO.C6H14O2.C6H12O.C6H12/c1-6(2)4-7(9)5-8-3;1-5(2)3-6(8)4-7;1-5(2)3-6-4-7-6;1-4-5-6(2)3/h6-9H,4-5H2,1-3H3;5-8H,3-4H2,1-2H3;5-6H,3-4H2,1-2H3;4,6H,1,5H2,2-3H3. The third-order valence-corrected chi connectivity index (χ3v) is 3.91. The average molecular weight is 434 g/mol. The number of allylic oxidation sites excluding steroid dienone is 1. The molecule has 1 heterocycles. The maximum atomic E-state index is 9.16. The Morgan fingerprint density at radius 2 is 1.37 bits per heavy atom. The molecule has 0 spiro atoms. The highest BCUT2D eigenvalue weighted by Gasteiger charge is 2.22. The quantitative estimate of drug-likeness (QED) is 0.281. The van der Waals surface area contributed by atoms with Gasteiger partial charge in [-0.25, -0.2) is 0 Å². The van der Waals surface area contributed by atoms with Crippen LogP contribution in [0.5, 0.6) is 0 Å². The van der Waals surface area contributed by atoms with Crippen molar-refractivity contribution in [1.82, 2.24) is 5.32 Å². The molecule has 1 fully saturated rings. The first-order valence-corrected chi connectivity index (χ1v) is 11.7. The second-order valence-electron chi connectivity index (χ2n) is 9.81. The Kier molecular flexibility index (Phi) is 26.4. The molecule has 5 heteroatoms. The number of epoxide rings is 1. The Morgan fingerprint density at radius 1 is 0.900 bits per heavy atom. The molecule has 5 nitrogen and oxygen atoms in total. The van der Waals surface area contributed by atoms with E-state index in [-0.39, 0.29) is 12.7 Å². The van der Waals surface area contributed by atoms with Crippen molar-refractivity contribution in [2.75, 3.05) is 26.8 Å².